The molecule has 25 heavy (non-hydrogen) atoms. The Morgan fingerprint density at radius 2 is 1.88 bits per heavy atom. The normalized spacial score (nSPS) is 22.5. The van der Waals surface area contributed by atoms with Crippen LogP contribution in [0.15, 0.2) is 23.8 Å². The van der Waals surface area contributed by atoms with E-state index < -0.39 is 48.4 Å². The predicted molar refractivity (Wildman–Crippen MR) is 74.6 cm³/mol. The zero-order chi connectivity index (χ0) is 19.3. The molecule has 1 aliphatic rings. The van der Waals surface area contributed by atoms with Crippen molar-refractivity contribution in [2.45, 2.75) is 31.8 Å². The Kier molecular flexibility index (Phi) is 7.07. The summed E-state index contributed by atoms with van der Waals surface area (Å²) in [5.41, 5.74) is -4.17. The van der Waals surface area contributed by atoms with Crippen LogP contribution in [0.1, 0.15) is 13.3 Å². The molecule has 2 unspecified atom stereocenters. The van der Waals surface area contributed by atoms with Crippen molar-refractivity contribution < 1.29 is 45.3 Å². The number of ether oxygens (including phenoxy) is 3. The molecule has 0 N–H and O–H groups in total. The van der Waals surface area contributed by atoms with E-state index >= 15 is 0 Å². The average molecular weight is 376 g/mol. The number of methoxy groups -OCH3 is 1. The smallest absolute Gasteiger partial charge is 0.412 e. The van der Waals surface area contributed by atoms with E-state index in [9.17, 15) is 31.1 Å². The minimum atomic E-state index is -4.99. The van der Waals surface area contributed by atoms with Crippen LogP contribution < -0.4 is 0 Å². The van der Waals surface area contributed by atoms with Crippen molar-refractivity contribution in [2.75, 3.05) is 26.9 Å². The summed E-state index contributed by atoms with van der Waals surface area (Å²) in [6.07, 6.45) is -10.9. The molecule has 0 bridgehead atoms. The van der Waals surface area contributed by atoms with Crippen molar-refractivity contribution in [3.63, 3.8) is 0 Å². The van der Waals surface area contributed by atoms with Crippen molar-refractivity contribution in [1.82, 2.24) is 0 Å². The number of carbonyl (C=O) groups is 1. The number of carbonyl (C=O) groups excluding carboxylic acids is 1. The number of halogens is 6. The first-order valence-electron chi connectivity index (χ1n) is 7.20. The number of hydrogen-bond acceptors (Lipinski definition) is 4. The number of rotatable bonds is 7. The highest BCUT2D eigenvalue weighted by atomic mass is 19.4. The van der Waals surface area contributed by atoms with Crippen LogP contribution >= 0.6 is 0 Å². The van der Waals surface area contributed by atoms with Crippen LogP contribution in [0.4, 0.5) is 26.3 Å². The molecule has 0 aromatic heterocycles. The van der Waals surface area contributed by atoms with Crippen molar-refractivity contribution in [1.29, 1.82) is 0 Å². The fraction of sp³-hybridized carbons (Fsp3) is 0.667. The maximum absolute atomic E-state index is 13.6. The van der Waals surface area contributed by atoms with E-state index in [0.29, 0.717) is 12.2 Å². The van der Waals surface area contributed by atoms with Crippen molar-refractivity contribution in [2.24, 2.45) is 5.41 Å². The van der Waals surface area contributed by atoms with Gasteiger partial charge in [-0.15, -0.1) is 0 Å². The number of hydrogen-bond donors (Lipinski definition) is 0. The molecule has 4 nitrogen and oxygen atoms in total. The highest BCUT2D eigenvalue weighted by Gasteiger charge is 2.60. The molecule has 0 fully saturated rings. The van der Waals surface area contributed by atoms with E-state index in [1.54, 1.807) is 0 Å². The fourth-order valence-corrected chi connectivity index (χ4v) is 2.42. The Morgan fingerprint density at radius 1 is 1.24 bits per heavy atom. The van der Waals surface area contributed by atoms with Gasteiger partial charge in [0.25, 0.3) is 0 Å². The molecule has 0 saturated heterocycles. The lowest BCUT2D eigenvalue weighted by molar-refractivity contribution is -0.249. The molecule has 144 valence electrons. The maximum Gasteiger partial charge on any atom is 0.412 e. The molecule has 0 aromatic rings. The lowest BCUT2D eigenvalue weighted by Gasteiger charge is -2.41. The van der Waals surface area contributed by atoms with Gasteiger partial charge in [0.2, 0.25) is 0 Å². The van der Waals surface area contributed by atoms with Crippen molar-refractivity contribution >= 4 is 5.97 Å². The van der Waals surface area contributed by atoms with Gasteiger partial charge in [0.05, 0.1) is 19.3 Å². The summed E-state index contributed by atoms with van der Waals surface area (Å²) in [4.78, 5) is 10.6. The zero-order valence-electron chi connectivity index (χ0n) is 13.5. The summed E-state index contributed by atoms with van der Waals surface area (Å²) >= 11 is 0. The minimum Gasteiger partial charge on any atom is -0.463 e. The molecule has 0 amide bonds. The first-order chi connectivity index (χ1) is 11.4. The average Bonchev–Trinajstić information content (AvgIpc) is 2.48. The zero-order valence-corrected chi connectivity index (χ0v) is 13.5. The van der Waals surface area contributed by atoms with Gasteiger partial charge in [0.1, 0.15) is 12.0 Å². The second-order valence-corrected chi connectivity index (χ2v) is 5.40. The SMILES string of the molecule is COC(COCCOC(C)=O)C1(C(F)(F)F)C=CC=C(C(F)(F)F)C1. The van der Waals surface area contributed by atoms with Gasteiger partial charge < -0.3 is 14.2 Å². The largest absolute Gasteiger partial charge is 0.463 e. The molecule has 0 aromatic carbocycles. The first kappa shape index (κ1) is 21.5. The molecule has 1 aliphatic carbocycles. The number of allylic oxidation sites excluding steroid dienone is 3. The summed E-state index contributed by atoms with van der Waals surface area (Å²) in [5.74, 6) is -0.589. The standard InChI is InChI=1S/C15H18F6O4/c1-10(22)25-7-6-24-9-12(23-2)13(15(19,20)21)5-3-4-11(8-13)14(16,17)18/h3-5,12H,6-9H2,1-2H3. The fourth-order valence-electron chi connectivity index (χ4n) is 2.42. The summed E-state index contributed by atoms with van der Waals surface area (Å²) in [7, 11) is 0.965. The number of esters is 1. The predicted octanol–water partition coefficient (Wildman–Crippen LogP) is 3.58. The van der Waals surface area contributed by atoms with Crippen LogP contribution in [-0.4, -0.2) is 51.4 Å². The Bertz CT molecular complexity index is 523. The van der Waals surface area contributed by atoms with Gasteiger partial charge in [0.15, 0.2) is 0 Å². The third kappa shape index (κ3) is 5.46. The van der Waals surface area contributed by atoms with E-state index in [1.165, 1.54) is 0 Å². The lowest BCUT2D eigenvalue weighted by Crippen LogP contribution is -2.51. The molecule has 1 rings (SSSR count). The van der Waals surface area contributed by atoms with E-state index in [0.717, 1.165) is 20.1 Å². The highest BCUT2D eigenvalue weighted by molar-refractivity contribution is 5.65. The molecule has 2 atom stereocenters. The van der Waals surface area contributed by atoms with Gasteiger partial charge in [-0.2, -0.15) is 26.3 Å². The third-order valence-electron chi connectivity index (χ3n) is 3.73. The Balaban J connectivity index is 2.92. The topological polar surface area (TPSA) is 44.8 Å². The molecule has 0 aliphatic heterocycles. The number of alkyl halides is 6. The van der Waals surface area contributed by atoms with Crippen LogP contribution in [0.3, 0.4) is 0 Å². The van der Waals surface area contributed by atoms with Crippen LogP contribution in [0.2, 0.25) is 0 Å². The van der Waals surface area contributed by atoms with Crippen LogP contribution in [0.5, 0.6) is 0 Å². The van der Waals surface area contributed by atoms with Crippen molar-refractivity contribution in [3.05, 3.63) is 23.8 Å². The molecule has 0 heterocycles. The molecular formula is C15H18F6O4. The molecular weight excluding hydrogens is 358 g/mol. The van der Waals surface area contributed by atoms with Crippen LogP contribution in [0.25, 0.3) is 0 Å². The van der Waals surface area contributed by atoms with E-state index in [-0.39, 0.29) is 13.2 Å². The van der Waals surface area contributed by atoms with E-state index in [2.05, 4.69) is 4.74 Å². The molecule has 10 heteroatoms. The second kappa shape index (κ2) is 8.22. The van der Waals surface area contributed by atoms with Gasteiger partial charge in [-0.25, -0.2) is 0 Å². The third-order valence-corrected chi connectivity index (χ3v) is 3.73. The van der Waals surface area contributed by atoms with E-state index in [1.807, 2.05) is 0 Å². The molecule has 0 spiro atoms. The highest BCUT2D eigenvalue weighted by Crippen LogP contribution is 2.52. The van der Waals surface area contributed by atoms with Gasteiger partial charge in [-0.3, -0.25) is 4.79 Å². The summed E-state index contributed by atoms with van der Waals surface area (Å²) < 4.78 is 93.9. The van der Waals surface area contributed by atoms with Crippen LogP contribution in [0, 0.1) is 5.41 Å². The van der Waals surface area contributed by atoms with E-state index in [4.69, 9.17) is 9.47 Å². The Hall–Kier alpha value is -1.55. The van der Waals surface area contributed by atoms with Gasteiger partial charge >= 0.3 is 18.3 Å². The van der Waals surface area contributed by atoms with Gasteiger partial charge in [-0.1, -0.05) is 18.2 Å². The van der Waals surface area contributed by atoms with Crippen molar-refractivity contribution in [3.8, 4) is 0 Å². The maximum atomic E-state index is 13.6. The summed E-state index contributed by atoms with van der Waals surface area (Å²) in [6, 6.07) is 0. The Labute approximate surface area is 140 Å². The summed E-state index contributed by atoms with van der Waals surface area (Å²) in [6.45, 7) is 0.133. The second-order valence-electron chi connectivity index (χ2n) is 5.40. The Morgan fingerprint density at radius 3 is 2.36 bits per heavy atom. The summed E-state index contributed by atoms with van der Waals surface area (Å²) in [5, 5.41) is 0. The monoisotopic (exact) mass is 376 g/mol. The minimum absolute atomic E-state index is 0.186. The van der Waals surface area contributed by atoms with Gasteiger partial charge in [0, 0.05) is 19.6 Å². The van der Waals surface area contributed by atoms with Gasteiger partial charge in [-0.05, 0) is 6.42 Å². The quantitative estimate of drug-likeness (QED) is 0.387. The lowest BCUT2D eigenvalue weighted by atomic mass is 9.73. The molecule has 0 radical (unpaired) electrons. The first-order valence-corrected chi connectivity index (χ1v) is 7.20. The van der Waals surface area contributed by atoms with Crippen LogP contribution in [-0.2, 0) is 19.0 Å². The molecule has 0 saturated carbocycles.